The lowest BCUT2D eigenvalue weighted by Crippen LogP contribution is -2.33. The first-order valence-corrected chi connectivity index (χ1v) is 9.62. The third-order valence-corrected chi connectivity index (χ3v) is 5.65. The molecule has 0 spiro atoms. The van der Waals surface area contributed by atoms with Gasteiger partial charge in [0.1, 0.15) is 5.82 Å². The number of hydrogen-bond acceptors (Lipinski definition) is 5. The van der Waals surface area contributed by atoms with Gasteiger partial charge >= 0.3 is 5.69 Å². The highest BCUT2D eigenvalue weighted by Gasteiger charge is 2.30. The topological polar surface area (TPSA) is 93.9 Å². The summed E-state index contributed by atoms with van der Waals surface area (Å²) in [6.07, 6.45) is 2.82. The van der Waals surface area contributed by atoms with Crippen LogP contribution in [0.3, 0.4) is 0 Å². The summed E-state index contributed by atoms with van der Waals surface area (Å²) in [4.78, 5) is 28.7. The number of aromatic nitrogens is 2. The highest BCUT2D eigenvalue weighted by atomic mass is 19.1. The van der Waals surface area contributed by atoms with Crippen LogP contribution in [0.5, 0.6) is 0 Å². The molecule has 28 heavy (non-hydrogen) atoms. The number of nitriles is 1. The lowest BCUT2D eigenvalue weighted by atomic mass is 10.0. The molecule has 2 N–H and O–H groups in total. The summed E-state index contributed by atoms with van der Waals surface area (Å²) in [7, 11) is 1.94. The molecule has 8 heteroatoms. The first-order valence-electron chi connectivity index (χ1n) is 9.62. The van der Waals surface area contributed by atoms with E-state index in [2.05, 4.69) is 17.2 Å². The Kier molecular flexibility index (Phi) is 5.84. The van der Waals surface area contributed by atoms with Crippen molar-refractivity contribution in [1.29, 1.82) is 5.26 Å². The quantitative estimate of drug-likeness (QED) is 0.838. The van der Waals surface area contributed by atoms with Crippen LogP contribution in [0.2, 0.25) is 0 Å². The Hall–Kier alpha value is -2.66. The fourth-order valence-electron chi connectivity index (χ4n) is 3.85. The summed E-state index contributed by atoms with van der Waals surface area (Å²) in [6.45, 7) is 5.10. The fraction of sp³-hybridized carbons (Fsp3) is 0.550. The van der Waals surface area contributed by atoms with E-state index in [1.54, 1.807) is 16.7 Å². The molecule has 7 nitrogen and oxygen atoms in total. The summed E-state index contributed by atoms with van der Waals surface area (Å²) in [6, 6.07) is 5.18. The second-order valence-corrected chi connectivity index (χ2v) is 7.48. The molecule has 2 heterocycles. The number of nitrogens with one attached hydrogen (secondary N) is 2. The van der Waals surface area contributed by atoms with E-state index >= 15 is 0 Å². The summed E-state index contributed by atoms with van der Waals surface area (Å²) < 4.78 is 16.3. The third-order valence-electron chi connectivity index (χ3n) is 5.65. The normalized spacial score (nSPS) is 19.8. The SMILES string of the molecule is CC#N.CNC(C)C1CCN(c2cc3c(cc2F)c(=O)[nH]c(=O)n3C2CC2)C1. The van der Waals surface area contributed by atoms with Crippen LogP contribution in [-0.4, -0.2) is 35.7 Å². The van der Waals surface area contributed by atoms with E-state index < -0.39 is 17.1 Å². The second kappa shape index (κ2) is 8.15. The molecule has 0 bridgehead atoms. The molecule has 2 aliphatic rings. The maximum Gasteiger partial charge on any atom is 0.329 e. The first kappa shape index (κ1) is 20.1. The van der Waals surface area contributed by atoms with E-state index in [1.165, 1.54) is 13.0 Å². The first-order chi connectivity index (χ1) is 13.4. The van der Waals surface area contributed by atoms with Crippen molar-refractivity contribution in [2.75, 3.05) is 25.0 Å². The Morgan fingerprint density at radius 2 is 2.00 bits per heavy atom. The van der Waals surface area contributed by atoms with Gasteiger partial charge in [0, 0.05) is 32.1 Å². The lowest BCUT2D eigenvalue weighted by Gasteiger charge is -2.22. The molecule has 0 amide bonds. The predicted octanol–water partition coefficient (Wildman–Crippen LogP) is 2.13. The summed E-state index contributed by atoms with van der Waals surface area (Å²) in [5.41, 5.74) is 0.0987. The van der Waals surface area contributed by atoms with Crippen LogP contribution in [-0.2, 0) is 0 Å². The van der Waals surface area contributed by atoms with Crippen molar-refractivity contribution in [1.82, 2.24) is 14.9 Å². The van der Waals surface area contributed by atoms with Crippen molar-refractivity contribution in [2.24, 2.45) is 5.92 Å². The molecule has 2 aromatic rings. The Bertz CT molecular complexity index is 1020. The van der Waals surface area contributed by atoms with Crippen molar-refractivity contribution in [3.05, 3.63) is 38.8 Å². The molecule has 0 radical (unpaired) electrons. The van der Waals surface area contributed by atoms with Crippen LogP contribution < -0.4 is 21.5 Å². The van der Waals surface area contributed by atoms with Crippen molar-refractivity contribution in [3.63, 3.8) is 0 Å². The van der Waals surface area contributed by atoms with E-state index in [0.29, 0.717) is 23.2 Å². The average Bonchev–Trinajstić information content (AvgIpc) is 3.37. The van der Waals surface area contributed by atoms with Gasteiger partial charge in [0.25, 0.3) is 5.56 Å². The monoisotopic (exact) mass is 387 g/mol. The maximum absolute atomic E-state index is 14.7. The number of H-pyrrole nitrogens is 1. The zero-order chi connectivity index (χ0) is 20.4. The van der Waals surface area contributed by atoms with Crippen LogP contribution >= 0.6 is 0 Å². The van der Waals surface area contributed by atoms with Crippen LogP contribution in [0, 0.1) is 23.1 Å². The molecule has 4 rings (SSSR count). The highest BCUT2D eigenvalue weighted by Crippen LogP contribution is 2.37. The van der Waals surface area contributed by atoms with Gasteiger partial charge in [0.2, 0.25) is 0 Å². The Labute approximate surface area is 162 Å². The minimum atomic E-state index is -0.523. The molecule has 1 aromatic carbocycles. The van der Waals surface area contributed by atoms with Crippen LogP contribution in [0.1, 0.15) is 39.2 Å². The Balaban J connectivity index is 0.000000706. The number of halogens is 1. The molecular weight excluding hydrogens is 361 g/mol. The van der Waals surface area contributed by atoms with Crippen molar-refractivity contribution >= 4 is 16.6 Å². The van der Waals surface area contributed by atoms with Gasteiger partial charge in [-0.15, -0.1) is 0 Å². The molecule has 2 unspecified atom stereocenters. The van der Waals surface area contributed by atoms with Crippen LogP contribution in [0.15, 0.2) is 21.7 Å². The second-order valence-electron chi connectivity index (χ2n) is 7.48. The largest absolute Gasteiger partial charge is 0.369 e. The number of nitrogens with zero attached hydrogens (tertiary/aromatic N) is 3. The lowest BCUT2D eigenvalue weighted by molar-refractivity contribution is 0.428. The van der Waals surface area contributed by atoms with E-state index in [1.807, 2.05) is 11.9 Å². The molecule has 2 fully saturated rings. The highest BCUT2D eigenvalue weighted by molar-refractivity contribution is 5.82. The molecule has 1 aromatic heterocycles. The van der Waals surface area contributed by atoms with Gasteiger partial charge in [-0.25, -0.2) is 9.18 Å². The van der Waals surface area contributed by atoms with Gasteiger partial charge < -0.3 is 10.2 Å². The van der Waals surface area contributed by atoms with Gasteiger partial charge in [-0.2, -0.15) is 5.26 Å². The van der Waals surface area contributed by atoms with E-state index in [4.69, 9.17) is 5.26 Å². The minimum absolute atomic E-state index is 0.112. The number of rotatable bonds is 4. The molecular formula is C20H26FN5O2. The van der Waals surface area contributed by atoms with Gasteiger partial charge in [0.15, 0.2) is 0 Å². The summed E-state index contributed by atoms with van der Waals surface area (Å²) >= 11 is 0. The van der Waals surface area contributed by atoms with E-state index in [0.717, 1.165) is 32.4 Å². The van der Waals surface area contributed by atoms with Gasteiger partial charge in [-0.05, 0) is 51.3 Å². The Morgan fingerprint density at radius 3 is 2.61 bits per heavy atom. The molecule has 1 saturated heterocycles. The van der Waals surface area contributed by atoms with Gasteiger partial charge in [0.05, 0.1) is 22.7 Å². The van der Waals surface area contributed by atoms with Gasteiger partial charge in [-0.1, -0.05) is 0 Å². The van der Waals surface area contributed by atoms with Crippen molar-refractivity contribution < 1.29 is 4.39 Å². The number of benzene rings is 1. The number of anilines is 1. The molecule has 1 saturated carbocycles. The fourth-order valence-corrected chi connectivity index (χ4v) is 3.85. The number of fused-ring (bicyclic) bond motifs is 1. The Morgan fingerprint density at radius 1 is 1.32 bits per heavy atom. The molecule has 150 valence electrons. The van der Waals surface area contributed by atoms with E-state index in [-0.39, 0.29) is 11.4 Å². The molecule has 1 aliphatic carbocycles. The maximum atomic E-state index is 14.7. The molecule has 1 aliphatic heterocycles. The van der Waals surface area contributed by atoms with Crippen molar-refractivity contribution in [2.45, 2.75) is 45.2 Å². The zero-order valence-corrected chi connectivity index (χ0v) is 16.5. The summed E-state index contributed by atoms with van der Waals surface area (Å²) in [5, 5.41) is 10.8. The smallest absolute Gasteiger partial charge is 0.329 e. The average molecular weight is 387 g/mol. The third kappa shape index (κ3) is 3.80. The van der Waals surface area contributed by atoms with Gasteiger partial charge in [-0.3, -0.25) is 14.3 Å². The number of hydrogen-bond donors (Lipinski definition) is 2. The van der Waals surface area contributed by atoms with Crippen LogP contribution in [0.4, 0.5) is 10.1 Å². The predicted molar refractivity (Wildman–Crippen MR) is 107 cm³/mol. The minimum Gasteiger partial charge on any atom is -0.369 e. The number of aromatic amines is 1. The summed E-state index contributed by atoms with van der Waals surface area (Å²) in [5.74, 6) is 0.0432. The molecule has 2 atom stereocenters. The standard InChI is InChI=1S/C18H23FN4O2.C2H3N/c1-10(20-2)11-5-6-22(9-11)16-8-15-13(7-14(16)19)17(24)21-18(25)23(15)12-3-4-12;1-2-3/h7-8,10-12,20H,3-6,9H2,1-2H3,(H,21,24,25);1H3. The zero-order valence-electron chi connectivity index (χ0n) is 16.5. The van der Waals surface area contributed by atoms with E-state index in [9.17, 15) is 14.0 Å². The van der Waals surface area contributed by atoms with Crippen molar-refractivity contribution in [3.8, 4) is 6.07 Å². The van der Waals surface area contributed by atoms with Crippen LogP contribution in [0.25, 0.3) is 10.9 Å².